The molecule has 8 nitrogen and oxygen atoms in total. The van der Waals surface area contributed by atoms with E-state index in [0.29, 0.717) is 0 Å². The molecule has 0 fully saturated rings. The Morgan fingerprint density at radius 3 is 1.14 bits per heavy atom. The van der Waals surface area contributed by atoms with Gasteiger partial charge in [0.05, 0.1) is 11.1 Å². The van der Waals surface area contributed by atoms with Crippen LogP contribution in [-0.2, 0) is 12.8 Å². The molecular weight excluding hydrogens is 747 g/mol. The van der Waals surface area contributed by atoms with Crippen LogP contribution in [0.5, 0.6) is 11.5 Å². The second-order valence-corrected chi connectivity index (χ2v) is 14.9. The molecule has 0 saturated carbocycles. The van der Waals surface area contributed by atoms with E-state index in [1.807, 2.05) is 12.1 Å². The average Bonchev–Trinajstić information content (AvgIpc) is 3.24. The summed E-state index contributed by atoms with van der Waals surface area (Å²) in [6.07, 6.45) is 29.9. The van der Waals surface area contributed by atoms with E-state index in [9.17, 15) is 18.4 Å². The van der Waals surface area contributed by atoms with Gasteiger partial charge in [-0.3, -0.25) is 0 Å². The van der Waals surface area contributed by atoms with Gasteiger partial charge < -0.3 is 9.47 Å². The van der Waals surface area contributed by atoms with Crippen LogP contribution < -0.4 is 9.47 Å². The number of rotatable bonds is 25. The minimum absolute atomic E-state index is 0.0482. The van der Waals surface area contributed by atoms with Gasteiger partial charge in [0, 0.05) is 24.5 Å². The summed E-state index contributed by atoms with van der Waals surface area (Å²) in [5.74, 6) is -2.64. The molecule has 10 heteroatoms. The van der Waals surface area contributed by atoms with E-state index >= 15 is 0 Å². The Morgan fingerprint density at radius 2 is 0.847 bits per heavy atom. The number of hydrogen-bond acceptors (Lipinski definition) is 8. The minimum atomic E-state index is -0.720. The molecular formula is C49H60F2N4O4. The molecule has 0 amide bonds. The molecule has 0 aliphatic heterocycles. The lowest BCUT2D eigenvalue weighted by Crippen LogP contribution is -2.11. The maximum Gasteiger partial charge on any atom is 0.362 e. The lowest BCUT2D eigenvalue weighted by atomic mass is 10.0. The molecule has 0 unspecified atom stereocenters. The third kappa shape index (κ3) is 19.2. The lowest BCUT2D eigenvalue weighted by Gasteiger charge is -2.06. The first-order valence-corrected chi connectivity index (χ1v) is 21.5. The van der Waals surface area contributed by atoms with Gasteiger partial charge in [-0.25, -0.2) is 28.3 Å². The molecule has 4 rings (SSSR count). The first kappa shape index (κ1) is 47.9. The summed E-state index contributed by atoms with van der Waals surface area (Å²) in [7, 11) is 0. The zero-order valence-corrected chi connectivity index (χ0v) is 35.0. The van der Waals surface area contributed by atoms with E-state index in [4.69, 9.17) is 20.0 Å². The summed E-state index contributed by atoms with van der Waals surface area (Å²) >= 11 is 0. The van der Waals surface area contributed by atoms with Crippen molar-refractivity contribution in [3.63, 3.8) is 0 Å². The molecule has 2 aromatic heterocycles. The number of esters is 2. The predicted octanol–water partition coefficient (Wildman–Crippen LogP) is 13.2. The van der Waals surface area contributed by atoms with E-state index in [2.05, 4.69) is 23.8 Å². The predicted molar refractivity (Wildman–Crippen MR) is 227 cm³/mol. The second-order valence-electron chi connectivity index (χ2n) is 14.9. The molecule has 0 spiro atoms. The smallest absolute Gasteiger partial charge is 0.362 e. The molecule has 0 atom stereocenters. The van der Waals surface area contributed by atoms with Gasteiger partial charge in [0.15, 0.2) is 0 Å². The largest absolute Gasteiger partial charge is 0.422 e. The van der Waals surface area contributed by atoms with Gasteiger partial charge in [-0.2, -0.15) is 10.5 Å². The molecule has 2 heterocycles. The SMILES string of the molecule is CCCCCCCCCCCCc1ccc(C(=O)Oc2ccc(C#N)c(F)c2)nc1.CCCCCCCCCCCc1ccc(C(=O)Oc2ccc(C#N)c(F)c2)nc1. The van der Waals surface area contributed by atoms with Crippen LogP contribution in [0.15, 0.2) is 73.1 Å². The number of nitriles is 2. The van der Waals surface area contributed by atoms with Crippen LogP contribution in [0.25, 0.3) is 0 Å². The zero-order chi connectivity index (χ0) is 42.5. The van der Waals surface area contributed by atoms with Crippen LogP contribution in [0, 0.1) is 34.3 Å². The number of aryl methyl sites for hydroxylation is 2. The molecule has 314 valence electrons. The van der Waals surface area contributed by atoms with Crippen molar-refractivity contribution < 1.29 is 27.8 Å². The van der Waals surface area contributed by atoms with Crippen molar-refractivity contribution in [1.29, 1.82) is 10.5 Å². The molecule has 0 N–H and O–H groups in total. The van der Waals surface area contributed by atoms with Crippen molar-refractivity contribution in [2.45, 2.75) is 149 Å². The molecule has 2 aromatic carbocycles. The van der Waals surface area contributed by atoms with Crippen LogP contribution in [0.3, 0.4) is 0 Å². The van der Waals surface area contributed by atoms with Gasteiger partial charge in [0.2, 0.25) is 0 Å². The number of hydrogen-bond donors (Lipinski definition) is 0. The van der Waals surface area contributed by atoms with Crippen LogP contribution in [-0.4, -0.2) is 21.9 Å². The summed E-state index contributed by atoms with van der Waals surface area (Å²) in [6.45, 7) is 4.48. The van der Waals surface area contributed by atoms with E-state index < -0.39 is 23.6 Å². The molecule has 0 radical (unpaired) electrons. The van der Waals surface area contributed by atoms with Crippen molar-refractivity contribution in [2.75, 3.05) is 0 Å². The van der Waals surface area contributed by atoms with Crippen molar-refractivity contribution >= 4 is 11.9 Å². The number of nitrogens with zero attached hydrogens (tertiary/aromatic N) is 4. The van der Waals surface area contributed by atoms with Gasteiger partial charge in [-0.05, 0) is 73.2 Å². The Kier molecular flexibility index (Phi) is 23.4. The highest BCUT2D eigenvalue weighted by Gasteiger charge is 2.14. The van der Waals surface area contributed by atoms with Crippen LogP contribution in [0.1, 0.15) is 179 Å². The summed E-state index contributed by atoms with van der Waals surface area (Å²) in [5, 5.41) is 17.5. The number of carbonyl (C=O) groups excluding carboxylic acids is 2. The first-order valence-electron chi connectivity index (χ1n) is 21.5. The fourth-order valence-electron chi connectivity index (χ4n) is 6.46. The number of pyridine rings is 2. The monoisotopic (exact) mass is 806 g/mol. The van der Waals surface area contributed by atoms with E-state index in [0.717, 1.165) is 48.9 Å². The molecule has 0 aliphatic rings. The van der Waals surface area contributed by atoms with Crippen LogP contribution in [0.4, 0.5) is 8.78 Å². The van der Waals surface area contributed by atoms with E-state index in [-0.39, 0.29) is 34.0 Å². The lowest BCUT2D eigenvalue weighted by molar-refractivity contribution is 0.0718. The highest BCUT2D eigenvalue weighted by molar-refractivity contribution is 5.89. The zero-order valence-electron chi connectivity index (χ0n) is 35.0. The Balaban J connectivity index is 0.000000316. The molecule has 0 aliphatic carbocycles. The number of aromatic nitrogens is 2. The minimum Gasteiger partial charge on any atom is -0.422 e. The third-order valence-corrected chi connectivity index (χ3v) is 10.00. The topological polar surface area (TPSA) is 126 Å². The quantitative estimate of drug-likeness (QED) is 0.0368. The third-order valence-electron chi connectivity index (χ3n) is 10.00. The Hall–Kier alpha value is -5.48. The maximum absolute atomic E-state index is 13.6. The first-order chi connectivity index (χ1) is 28.8. The summed E-state index contributed by atoms with van der Waals surface area (Å²) in [5.41, 5.74) is 2.34. The highest BCUT2D eigenvalue weighted by Crippen LogP contribution is 2.20. The number of halogens is 2. The average molecular weight is 807 g/mol. The summed E-state index contributed by atoms with van der Waals surface area (Å²) in [6, 6.07) is 17.9. The molecule has 4 aromatic rings. The molecule has 0 saturated heterocycles. The fourth-order valence-corrected chi connectivity index (χ4v) is 6.46. The second kappa shape index (κ2) is 28.8. The van der Waals surface area contributed by atoms with Crippen LogP contribution >= 0.6 is 0 Å². The number of carbonyl (C=O) groups is 2. The molecule has 59 heavy (non-hydrogen) atoms. The van der Waals surface area contributed by atoms with Gasteiger partial charge in [0.25, 0.3) is 0 Å². The number of ether oxygens (including phenoxy) is 2. The Bertz CT molecular complexity index is 1920. The number of benzene rings is 2. The van der Waals surface area contributed by atoms with Crippen molar-refractivity contribution in [3.05, 3.63) is 118 Å². The standard InChI is InChI=1S/C25H31FN2O2.C24H29FN2O2/c1-2-3-4-5-6-7-8-9-10-11-12-20-13-16-24(28-19-20)25(29)30-22-15-14-21(18-27)23(26)17-22;1-2-3-4-5-6-7-8-9-10-11-19-12-15-23(27-18-19)24(28)29-21-14-13-20(17-26)22(25)16-21/h13-17,19H,2-12H2,1H3;12-16,18H,2-11H2,1H3. The van der Waals surface area contributed by atoms with Crippen molar-refractivity contribution in [1.82, 2.24) is 9.97 Å². The van der Waals surface area contributed by atoms with Crippen LogP contribution in [0.2, 0.25) is 0 Å². The van der Waals surface area contributed by atoms with Crippen molar-refractivity contribution in [3.8, 4) is 23.6 Å². The van der Waals surface area contributed by atoms with E-state index in [1.165, 1.54) is 133 Å². The van der Waals surface area contributed by atoms with Gasteiger partial charge in [0.1, 0.15) is 46.7 Å². The normalized spacial score (nSPS) is 10.5. The maximum atomic E-state index is 13.6. The fraction of sp³-hybridized carbons (Fsp3) is 0.469. The van der Waals surface area contributed by atoms with Crippen molar-refractivity contribution in [2.24, 2.45) is 0 Å². The van der Waals surface area contributed by atoms with Gasteiger partial charge >= 0.3 is 11.9 Å². The summed E-state index contributed by atoms with van der Waals surface area (Å²) in [4.78, 5) is 32.6. The number of unbranched alkanes of at least 4 members (excludes halogenated alkanes) is 17. The van der Waals surface area contributed by atoms with E-state index in [1.54, 1.807) is 36.7 Å². The summed E-state index contributed by atoms with van der Waals surface area (Å²) < 4.78 is 37.5. The van der Waals surface area contributed by atoms with Gasteiger partial charge in [-0.15, -0.1) is 0 Å². The molecule has 0 bridgehead atoms. The Labute approximate surface area is 350 Å². The van der Waals surface area contributed by atoms with Gasteiger partial charge in [-0.1, -0.05) is 135 Å². The Morgan fingerprint density at radius 1 is 0.508 bits per heavy atom. The highest BCUT2D eigenvalue weighted by atomic mass is 19.1.